The highest BCUT2D eigenvalue weighted by molar-refractivity contribution is 6.01. The van der Waals surface area contributed by atoms with Crippen molar-refractivity contribution < 1.29 is 19.1 Å². The predicted molar refractivity (Wildman–Crippen MR) is 166 cm³/mol. The molecule has 42 heavy (non-hydrogen) atoms. The SMILES string of the molecule is CCCCN(CCCCN(C)C)C(=O)CCN1CC(c2ccc3c(c2)OCO3)CC1CCN1C(=O)Cc2ccccc21. The first-order chi connectivity index (χ1) is 20.4. The van der Waals surface area contributed by atoms with Crippen LogP contribution in [0.2, 0.25) is 0 Å². The molecule has 2 atom stereocenters. The van der Waals surface area contributed by atoms with Crippen LogP contribution in [0.1, 0.15) is 68.9 Å². The van der Waals surface area contributed by atoms with E-state index in [0.717, 1.165) is 94.0 Å². The molecule has 0 N–H and O–H groups in total. The lowest BCUT2D eigenvalue weighted by Crippen LogP contribution is -2.39. The maximum absolute atomic E-state index is 13.5. The first-order valence-corrected chi connectivity index (χ1v) is 15.9. The zero-order valence-electron chi connectivity index (χ0n) is 25.7. The molecule has 3 aliphatic rings. The summed E-state index contributed by atoms with van der Waals surface area (Å²) in [6.07, 6.45) is 7.19. The van der Waals surface area contributed by atoms with E-state index < -0.39 is 0 Å². The van der Waals surface area contributed by atoms with Crippen molar-refractivity contribution in [3.63, 3.8) is 0 Å². The Morgan fingerprint density at radius 3 is 2.60 bits per heavy atom. The van der Waals surface area contributed by atoms with Gasteiger partial charge in [0, 0.05) is 50.9 Å². The molecule has 228 valence electrons. The molecule has 0 saturated carbocycles. The number of likely N-dealkylation sites (tertiary alicyclic amines) is 1. The van der Waals surface area contributed by atoms with Gasteiger partial charge in [-0.15, -0.1) is 0 Å². The third kappa shape index (κ3) is 7.45. The summed E-state index contributed by atoms with van der Waals surface area (Å²) in [5.41, 5.74) is 3.42. The Kier molecular flexibility index (Phi) is 10.4. The minimum atomic E-state index is 0.184. The van der Waals surface area contributed by atoms with Gasteiger partial charge in [-0.1, -0.05) is 37.6 Å². The first kappa shape index (κ1) is 30.4. The first-order valence-electron chi connectivity index (χ1n) is 15.9. The molecule has 5 rings (SSSR count). The number of nitrogens with zero attached hydrogens (tertiary/aromatic N) is 4. The molecular weight excluding hydrogens is 528 g/mol. The van der Waals surface area contributed by atoms with E-state index >= 15 is 0 Å². The minimum absolute atomic E-state index is 0.184. The number of benzene rings is 2. The van der Waals surface area contributed by atoms with Gasteiger partial charge in [0.15, 0.2) is 11.5 Å². The van der Waals surface area contributed by atoms with Gasteiger partial charge in [-0.05, 0) is 88.0 Å². The number of unbranched alkanes of at least 4 members (excludes halogenated alkanes) is 2. The fraction of sp³-hybridized carbons (Fsp3) is 0.588. The van der Waals surface area contributed by atoms with Gasteiger partial charge < -0.3 is 24.2 Å². The van der Waals surface area contributed by atoms with Gasteiger partial charge in [0.25, 0.3) is 0 Å². The fourth-order valence-electron chi connectivity index (χ4n) is 6.64. The summed E-state index contributed by atoms with van der Waals surface area (Å²) in [6, 6.07) is 14.7. The number of amides is 2. The number of carbonyl (C=O) groups excluding carboxylic acids is 2. The zero-order chi connectivity index (χ0) is 29.5. The van der Waals surface area contributed by atoms with Crippen LogP contribution in [0.3, 0.4) is 0 Å². The normalized spacial score (nSPS) is 19.6. The second-order valence-corrected chi connectivity index (χ2v) is 12.3. The lowest BCUT2D eigenvalue weighted by molar-refractivity contribution is -0.131. The Morgan fingerprint density at radius 2 is 1.76 bits per heavy atom. The number of hydrogen-bond acceptors (Lipinski definition) is 6. The van der Waals surface area contributed by atoms with Crippen LogP contribution in [-0.2, 0) is 16.0 Å². The van der Waals surface area contributed by atoms with E-state index in [1.165, 1.54) is 5.56 Å². The number of carbonyl (C=O) groups is 2. The largest absolute Gasteiger partial charge is 0.454 e. The average Bonchev–Trinajstić information content (AvgIpc) is 3.70. The van der Waals surface area contributed by atoms with Crippen molar-refractivity contribution in [1.29, 1.82) is 0 Å². The number of para-hydroxylation sites is 1. The van der Waals surface area contributed by atoms with Crippen molar-refractivity contribution in [3.05, 3.63) is 53.6 Å². The monoisotopic (exact) mass is 576 g/mol. The molecule has 2 aromatic carbocycles. The second kappa shape index (κ2) is 14.4. The highest BCUT2D eigenvalue weighted by Gasteiger charge is 2.35. The van der Waals surface area contributed by atoms with Crippen molar-refractivity contribution >= 4 is 17.5 Å². The van der Waals surface area contributed by atoms with Crippen molar-refractivity contribution in [3.8, 4) is 11.5 Å². The van der Waals surface area contributed by atoms with Crippen LogP contribution in [0.4, 0.5) is 5.69 Å². The smallest absolute Gasteiger partial charge is 0.231 e. The van der Waals surface area contributed by atoms with E-state index in [1.807, 2.05) is 23.1 Å². The van der Waals surface area contributed by atoms with Crippen LogP contribution in [0.25, 0.3) is 0 Å². The molecule has 0 radical (unpaired) electrons. The molecule has 2 aromatic rings. The molecule has 8 heteroatoms. The highest BCUT2D eigenvalue weighted by Crippen LogP contribution is 2.40. The number of hydrogen-bond donors (Lipinski definition) is 0. The molecule has 2 amide bonds. The lowest BCUT2D eigenvalue weighted by Gasteiger charge is -2.28. The van der Waals surface area contributed by atoms with Gasteiger partial charge in [0.05, 0.1) is 6.42 Å². The molecule has 3 aliphatic heterocycles. The summed E-state index contributed by atoms with van der Waals surface area (Å²) in [7, 11) is 4.20. The molecule has 0 bridgehead atoms. The molecule has 2 unspecified atom stereocenters. The van der Waals surface area contributed by atoms with Gasteiger partial charge in [-0.25, -0.2) is 0 Å². The van der Waals surface area contributed by atoms with Gasteiger partial charge in [0.1, 0.15) is 0 Å². The molecule has 3 heterocycles. The molecule has 1 saturated heterocycles. The van der Waals surface area contributed by atoms with Crippen molar-refractivity contribution in [1.82, 2.24) is 14.7 Å². The van der Waals surface area contributed by atoms with E-state index in [1.54, 1.807) is 0 Å². The fourth-order valence-corrected chi connectivity index (χ4v) is 6.64. The van der Waals surface area contributed by atoms with Crippen molar-refractivity contribution in [2.24, 2.45) is 0 Å². The van der Waals surface area contributed by atoms with Crippen LogP contribution < -0.4 is 14.4 Å². The highest BCUT2D eigenvalue weighted by atomic mass is 16.7. The van der Waals surface area contributed by atoms with E-state index in [4.69, 9.17) is 9.47 Å². The number of ether oxygens (including phenoxy) is 2. The van der Waals surface area contributed by atoms with Gasteiger partial charge >= 0.3 is 0 Å². The van der Waals surface area contributed by atoms with Crippen LogP contribution in [0.5, 0.6) is 11.5 Å². The van der Waals surface area contributed by atoms with Crippen molar-refractivity contribution in [2.45, 2.75) is 70.3 Å². The molecule has 0 spiro atoms. The van der Waals surface area contributed by atoms with Crippen LogP contribution in [0, 0.1) is 0 Å². The summed E-state index contributed by atoms with van der Waals surface area (Å²) in [4.78, 5) is 35.1. The molecule has 0 aromatic heterocycles. The standard InChI is InChI=1S/C34H48N4O4/c1-4-5-17-36(18-9-8-16-35(2)3)33(39)15-19-37-24-28(26-12-13-31-32(22-26)42-25-41-31)21-29(37)14-20-38-30-11-7-6-10-27(30)23-34(38)40/h6-7,10-13,22,28-29H,4-5,8-9,14-21,23-25H2,1-3H3. The predicted octanol–water partition coefficient (Wildman–Crippen LogP) is 4.91. The average molecular weight is 577 g/mol. The Morgan fingerprint density at radius 1 is 0.976 bits per heavy atom. The van der Waals surface area contributed by atoms with E-state index in [-0.39, 0.29) is 18.6 Å². The van der Waals surface area contributed by atoms with E-state index in [9.17, 15) is 9.59 Å². The summed E-state index contributed by atoms with van der Waals surface area (Å²) in [5, 5.41) is 0. The molecular formula is C34H48N4O4. The third-order valence-corrected chi connectivity index (χ3v) is 9.04. The van der Waals surface area contributed by atoms with Crippen LogP contribution >= 0.6 is 0 Å². The number of fused-ring (bicyclic) bond motifs is 2. The molecule has 8 nitrogen and oxygen atoms in total. The molecule has 1 fully saturated rings. The van der Waals surface area contributed by atoms with E-state index in [0.29, 0.717) is 31.3 Å². The Hall–Kier alpha value is -3.10. The van der Waals surface area contributed by atoms with Crippen molar-refractivity contribution in [2.75, 3.05) is 65.1 Å². The van der Waals surface area contributed by atoms with Crippen LogP contribution in [-0.4, -0.2) is 92.7 Å². The number of rotatable bonds is 15. The number of anilines is 1. The summed E-state index contributed by atoms with van der Waals surface area (Å²) >= 11 is 0. The van der Waals surface area contributed by atoms with Gasteiger partial charge in [-0.3, -0.25) is 14.5 Å². The Bertz CT molecular complexity index is 1220. The summed E-state index contributed by atoms with van der Waals surface area (Å²) < 4.78 is 11.2. The Balaban J connectivity index is 1.24. The quantitative estimate of drug-likeness (QED) is 0.281. The molecule has 0 aliphatic carbocycles. The van der Waals surface area contributed by atoms with Gasteiger partial charge in [0.2, 0.25) is 18.6 Å². The summed E-state index contributed by atoms with van der Waals surface area (Å²) in [6.45, 7) is 7.54. The van der Waals surface area contributed by atoms with E-state index in [2.05, 4.69) is 60.0 Å². The topological polar surface area (TPSA) is 65.6 Å². The third-order valence-electron chi connectivity index (χ3n) is 9.04. The zero-order valence-corrected chi connectivity index (χ0v) is 25.7. The summed E-state index contributed by atoms with van der Waals surface area (Å²) in [5.74, 6) is 2.42. The second-order valence-electron chi connectivity index (χ2n) is 12.3. The maximum atomic E-state index is 13.5. The van der Waals surface area contributed by atoms with Crippen LogP contribution in [0.15, 0.2) is 42.5 Å². The van der Waals surface area contributed by atoms with Gasteiger partial charge in [-0.2, -0.15) is 0 Å². The maximum Gasteiger partial charge on any atom is 0.231 e. The lowest BCUT2D eigenvalue weighted by atomic mass is 9.95. The Labute approximate surface area is 251 Å². The minimum Gasteiger partial charge on any atom is -0.454 e.